The fraction of sp³-hybridized carbons (Fsp3) is 0.688. The number of hydrogen-bond acceptors (Lipinski definition) is 4. The number of likely N-dealkylation sites (N-methyl/N-ethyl adjacent to an activating group) is 1. The maximum Gasteiger partial charge on any atom is 0.132 e. The molecular weight excluding hydrogens is 250 g/mol. The van der Waals surface area contributed by atoms with Gasteiger partial charge in [0.25, 0.3) is 0 Å². The summed E-state index contributed by atoms with van der Waals surface area (Å²) in [5, 5.41) is 3.46. The zero-order chi connectivity index (χ0) is 14.4. The minimum atomic E-state index is 0.349. The fourth-order valence-electron chi connectivity index (χ4n) is 2.57. The second-order valence-corrected chi connectivity index (χ2v) is 5.89. The smallest absolute Gasteiger partial charge is 0.132 e. The van der Waals surface area contributed by atoms with Crippen LogP contribution in [0.4, 0.5) is 5.82 Å². The van der Waals surface area contributed by atoms with Crippen LogP contribution in [0.3, 0.4) is 0 Å². The normalized spacial score (nSPS) is 19.3. The van der Waals surface area contributed by atoms with E-state index in [4.69, 9.17) is 4.74 Å². The molecule has 0 amide bonds. The number of ether oxygens (including phenoxy) is 1. The minimum Gasteiger partial charge on any atom is -0.376 e. The van der Waals surface area contributed by atoms with E-state index in [0.717, 1.165) is 31.9 Å². The van der Waals surface area contributed by atoms with E-state index in [1.165, 1.54) is 18.4 Å². The van der Waals surface area contributed by atoms with E-state index < -0.39 is 0 Å². The summed E-state index contributed by atoms with van der Waals surface area (Å²) in [6, 6.07) is 4.64. The summed E-state index contributed by atoms with van der Waals surface area (Å²) in [6.07, 6.45) is 5.86. The Balaban J connectivity index is 1.98. The van der Waals surface area contributed by atoms with E-state index in [2.05, 4.69) is 42.2 Å². The highest BCUT2D eigenvalue weighted by Crippen LogP contribution is 2.19. The molecule has 0 aromatic carbocycles. The Bertz CT molecular complexity index is 402. The molecule has 1 aliphatic heterocycles. The summed E-state index contributed by atoms with van der Waals surface area (Å²) < 4.78 is 5.82. The molecule has 1 aromatic rings. The molecule has 1 aliphatic rings. The lowest BCUT2D eigenvalue weighted by molar-refractivity contribution is 0.0215. The van der Waals surface area contributed by atoms with E-state index in [-0.39, 0.29) is 0 Å². The first-order chi connectivity index (χ1) is 9.66. The molecule has 1 fully saturated rings. The molecular formula is C16H27N3O. The molecule has 1 N–H and O–H groups in total. The Labute approximate surface area is 122 Å². The standard InChI is InChI=1S/C16H27N3O/c1-13(2)18-11-14-7-6-9-17-16(14)19(3)12-15-8-4-5-10-20-15/h6-7,9,13,15,18H,4-5,8,10-12H2,1-3H3. The number of hydrogen-bond donors (Lipinski definition) is 1. The van der Waals surface area contributed by atoms with Crippen LogP contribution in [0.25, 0.3) is 0 Å². The molecule has 1 unspecified atom stereocenters. The maximum absolute atomic E-state index is 5.82. The lowest BCUT2D eigenvalue weighted by atomic mass is 10.1. The highest BCUT2D eigenvalue weighted by atomic mass is 16.5. The molecule has 2 heterocycles. The molecule has 112 valence electrons. The van der Waals surface area contributed by atoms with Gasteiger partial charge in [0.05, 0.1) is 6.10 Å². The van der Waals surface area contributed by atoms with Crippen molar-refractivity contribution in [3.8, 4) is 0 Å². The second-order valence-electron chi connectivity index (χ2n) is 5.89. The summed E-state index contributed by atoms with van der Waals surface area (Å²) >= 11 is 0. The molecule has 0 radical (unpaired) electrons. The van der Waals surface area contributed by atoms with Crippen molar-refractivity contribution in [1.29, 1.82) is 0 Å². The lowest BCUT2D eigenvalue weighted by Crippen LogP contribution is -2.34. The number of aromatic nitrogens is 1. The first-order valence-corrected chi connectivity index (χ1v) is 7.67. The van der Waals surface area contributed by atoms with Gasteiger partial charge in [0.1, 0.15) is 5.82 Å². The van der Waals surface area contributed by atoms with Crippen LogP contribution in [-0.4, -0.2) is 37.3 Å². The van der Waals surface area contributed by atoms with Crippen molar-refractivity contribution >= 4 is 5.82 Å². The summed E-state index contributed by atoms with van der Waals surface area (Å²) in [4.78, 5) is 6.78. The van der Waals surface area contributed by atoms with E-state index in [1.54, 1.807) is 0 Å². The van der Waals surface area contributed by atoms with Gasteiger partial charge in [-0.1, -0.05) is 19.9 Å². The van der Waals surface area contributed by atoms with Crippen LogP contribution >= 0.6 is 0 Å². The van der Waals surface area contributed by atoms with Crippen LogP contribution in [0, 0.1) is 0 Å². The molecule has 1 atom stereocenters. The first kappa shape index (κ1) is 15.3. The van der Waals surface area contributed by atoms with Gasteiger partial charge in [0, 0.05) is 44.5 Å². The molecule has 0 bridgehead atoms. The van der Waals surface area contributed by atoms with Gasteiger partial charge in [-0.2, -0.15) is 0 Å². The quantitative estimate of drug-likeness (QED) is 0.867. The van der Waals surface area contributed by atoms with Crippen LogP contribution in [0.1, 0.15) is 38.7 Å². The topological polar surface area (TPSA) is 37.4 Å². The average Bonchev–Trinajstić information content (AvgIpc) is 2.46. The number of nitrogens with zero attached hydrogens (tertiary/aromatic N) is 2. The number of rotatable bonds is 6. The SMILES string of the molecule is CC(C)NCc1cccnc1N(C)CC1CCCCO1. The fourth-order valence-corrected chi connectivity index (χ4v) is 2.57. The van der Waals surface area contributed by atoms with Gasteiger partial charge in [0.15, 0.2) is 0 Å². The van der Waals surface area contributed by atoms with Crippen LogP contribution in [0.2, 0.25) is 0 Å². The lowest BCUT2D eigenvalue weighted by Gasteiger charge is -2.29. The van der Waals surface area contributed by atoms with Gasteiger partial charge in [-0.25, -0.2) is 4.98 Å². The second kappa shape index (κ2) is 7.60. The molecule has 4 nitrogen and oxygen atoms in total. The van der Waals surface area contributed by atoms with Crippen LogP contribution in [0.15, 0.2) is 18.3 Å². The number of nitrogens with one attached hydrogen (secondary N) is 1. The van der Waals surface area contributed by atoms with Crippen LogP contribution in [0.5, 0.6) is 0 Å². The van der Waals surface area contributed by atoms with E-state index in [0.29, 0.717) is 12.1 Å². The largest absolute Gasteiger partial charge is 0.376 e. The predicted molar refractivity (Wildman–Crippen MR) is 83.1 cm³/mol. The Hall–Kier alpha value is -1.13. The third-order valence-corrected chi connectivity index (χ3v) is 3.68. The van der Waals surface area contributed by atoms with Crippen molar-refractivity contribution in [2.45, 2.75) is 51.8 Å². The predicted octanol–water partition coefficient (Wildman–Crippen LogP) is 2.58. The minimum absolute atomic E-state index is 0.349. The molecule has 0 saturated carbocycles. The molecule has 1 aromatic heterocycles. The monoisotopic (exact) mass is 277 g/mol. The number of pyridine rings is 1. The third kappa shape index (κ3) is 4.46. The molecule has 0 spiro atoms. The summed E-state index contributed by atoms with van der Waals surface area (Å²) in [7, 11) is 2.11. The Morgan fingerprint density at radius 3 is 3.00 bits per heavy atom. The highest BCUT2D eigenvalue weighted by molar-refractivity contribution is 5.46. The molecule has 1 saturated heterocycles. The van der Waals surface area contributed by atoms with Crippen molar-refractivity contribution in [3.05, 3.63) is 23.9 Å². The van der Waals surface area contributed by atoms with Gasteiger partial charge < -0.3 is 15.0 Å². The maximum atomic E-state index is 5.82. The van der Waals surface area contributed by atoms with Crippen molar-refractivity contribution in [2.24, 2.45) is 0 Å². The van der Waals surface area contributed by atoms with Gasteiger partial charge >= 0.3 is 0 Å². The van der Waals surface area contributed by atoms with Crippen molar-refractivity contribution in [3.63, 3.8) is 0 Å². The van der Waals surface area contributed by atoms with E-state index in [9.17, 15) is 0 Å². The average molecular weight is 277 g/mol. The van der Waals surface area contributed by atoms with E-state index in [1.807, 2.05) is 12.3 Å². The Morgan fingerprint density at radius 2 is 2.30 bits per heavy atom. The summed E-state index contributed by atoms with van der Waals surface area (Å²) in [6.45, 7) is 7.01. The summed E-state index contributed by atoms with van der Waals surface area (Å²) in [5.41, 5.74) is 1.25. The van der Waals surface area contributed by atoms with Crippen LogP contribution in [-0.2, 0) is 11.3 Å². The van der Waals surface area contributed by atoms with Gasteiger partial charge in [0.2, 0.25) is 0 Å². The highest BCUT2D eigenvalue weighted by Gasteiger charge is 2.18. The zero-order valence-corrected chi connectivity index (χ0v) is 12.9. The Morgan fingerprint density at radius 1 is 1.45 bits per heavy atom. The molecule has 20 heavy (non-hydrogen) atoms. The third-order valence-electron chi connectivity index (χ3n) is 3.68. The van der Waals surface area contributed by atoms with Crippen LogP contribution < -0.4 is 10.2 Å². The number of anilines is 1. The molecule has 2 rings (SSSR count). The first-order valence-electron chi connectivity index (χ1n) is 7.67. The zero-order valence-electron chi connectivity index (χ0n) is 12.9. The Kier molecular flexibility index (Phi) is 5.80. The van der Waals surface area contributed by atoms with Crippen molar-refractivity contribution < 1.29 is 4.74 Å². The summed E-state index contributed by atoms with van der Waals surface area (Å²) in [5.74, 6) is 1.06. The van der Waals surface area contributed by atoms with Crippen molar-refractivity contribution in [2.75, 3.05) is 25.1 Å². The molecule has 4 heteroatoms. The van der Waals surface area contributed by atoms with Gasteiger partial charge in [-0.05, 0) is 25.3 Å². The van der Waals surface area contributed by atoms with Gasteiger partial charge in [-0.15, -0.1) is 0 Å². The van der Waals surface area contributed by atoms with Crippen molar-refractivity contribution in [1.82, 2.24) is 10.3 Å². The molecule has 0 aliphatic carbocycles. The van der Waals surface area contributed by atoms with E-state index >= 15 is 0 Å². The van der Waals surface area contributed by atoms with Gasteiger partial charge in [-0.3, -0.25) is 0 Å².